The van der Waals surface area contributed by atoms with Gasteiger partial charge in [0.2, 0.25) is 0 Å². The lowest BCUT2D eigenvalue weighted by molar-refractivity contribution is -0.0962. The quantitative estimate of drug-likeness (QED) is 0.146. The highest BCUT2D eigenvalue weighted by molar-refractivity contribution is 5.89. The van der Waals surface area contributed by atoms with Gasteiger partial charge in [-0.15, -0.1) is 0 Å². The molecule has 0 bridgehead atoms. The molecule has 0 saturated heterocycles. The second-order valence-electron chi connectivity index (χ2n) is 20.5. The van der Waals surface area contributed by atoms with E-state index in [0.717, 1.165) is 29.2 Å². The van der Waals surface area contributed by atoms with E-state index in [1.165, 1.54) is 69.4 Å². The average Bonchev–Trinajstić information content (AvgIpc) is 3.71. The molecule has 6 nitrogen and oxygen atoms in total. The van der Waals surface area contributed by atoms with Gasteiger partial charge in [0, 0.05) is 23.9 Å². The van der Waals surface area contributed by atoms with E-state index in [9.17, 15) is 14.7 Å². The number of carbonyl (C=O) groups is 1. The summed E-state index contributed by atoms with van der Waals surface area (Å²) in [6.45, 7) is 23.3. The van der Waals surface area contributed by atoms with Gasteiger partial charge >= 0.3 is 11.6 Å². The second kappa shape index (κ2) is 15.2. The maximum Gasteiger partial charge on any atom is 0.338 e. The lowest BCUT2D eigenvalue weighted by atomic mass is 9.43. The van der Waals surface area contributed by atoms with Crippen LogP contribution in [0.4, 0.5) is 0 Å². The fourth-order valence-electron chi connectivity index (χ4n) is 12.6. The Bertz CT molecular complexity index is 2100. The van der Waals surface area contributed by atoms with Crippen molar-refractivity contribution in [1.29, 1.82) is 0 Å². The Labute approximate surface area is 341 Å². The standard InChI is InChI=1S/C30H50O.C21H18O5/c1-20(2)10-9-11-21(3)22-14-18-30(8)24-12-13-25-27(4,5)26(31)16-17-28(25,6)23(24)15-19-29(22,30)7;1-21(2,26-20(23)13-6-4-3-5-7-13)18-11-15-10-14-8-9-19(22)25-16(14)12-17(15)24-18/h10,21-22,25-26,31H,9,11-19H2,1-8H3;3-10,12,18H,11H2,1-2H3. The molecule has 5 aliphatic rings. The van der Waals surface area contributed by atoms with Crippen LogP contribution in [-0.2, 0) is 11.2 Å². The summed E-state index contributed by atoms with van der Waals surface area (Å²) in [5, 5.41) is 11.6. The van der Waals surface area contributed by atoms with Gasteiger partial charge in [-0.25, -0.2) is 9.59 Å². The molecule has 2 heterocycles. The lowest BCUT2D eigenvalue weighted by Gasteiger charge is -2.62. The summed E-state index contributed by atoms with van der Waals surface area (Å²) in [5.74, 6) is 2.59. The monoisotopic (exact) mass is 777 g/mol. The molecular formula is C51H68O6. The first kappa shape index (κ1) is 41.5. The fraction of sp³-hybridized carbons (Fsp3) is 0.608. The highest BCUT2D eigenvalue weighted by Gasteiger charge is 2.63. The molecule has 0 amide bonds. The minimum Gasteiger partial charge on any atom is -0.485 e. The van der Waals surface area contributed by atoms with Gasteiger partial charge < -0.3 is 19.0 Å². The predicted octanol–water partition coefficient (Wildman–Crippen LogP) is 12.2. The minimum atomic E-state index is -0.820. The minimum absolute atomic E-state index is 0.0465. The molecule has 8 rings (SSSR count). The van der Waals surface area contributed by atoms with Crippen LogP contribution in [0, 0.1) is 39.4 Å². The molecule has 1 N–H and O–H groups in total. The van der Waals surface area contributed by atoms with Gasteiger partial charge in [-0.2, -0.15) is 0 Å². The number of fused-ring (bicyclic) bond motifs is 6. The lowest BCUT2D eigenvalue weighted by Crippen LogP contribution is -2.55. The van der Waals surface area contributed by atoms with E-state index >= 15 is 0 Å². The van der Waals surface area contributed by atoms with Crippen LogP contribution in [0.15, 0.2) is 86.6 Å². The Morgan fingerprint density at radius 2 is 1.68 bits per heavy atom. The zero-order valence-electron chi connectivity index (χ0n) is 36.4. The number of allylic oxidation sites excluding steroid dienone is 4. The molecule has 2 saturated carbocycles. The highest BCUT2D eigenvalue weighted by atomic mass is 16.6. The van der Waals surface area contributed by atoms with Crippen molar-refractivity contribution in [3.8, 4) is 5.75 Å². The average molecular weight is 777 g/mol. The van der Waals surface area contributed by atoms with E-state index in [1.807, 2.05) is 37.1 Å². The largest absolute Gasteiger partial charge is 0.485 e. The van der Waals surface area contributed by atoms with Crippen LogP contribution in [0.2, 0.25) is 0 Å². The molecule has 8 atom stereocenters. The molecule has 57 heavy (non-hydrogen) atoms. The van der Waals surface area contributed by atoms with Crippen LogP contribution >= 0.6 is 0 Å². The third-order valence-corrected chi connectivity index (χ3v) is 16.3. The number of hydrogen-bond acceptors (Lipinski definition) is 6. The number of carbonyl (C=O) groups excluding carboxylic acids is 1. The number of ether oxygens (including phenoxy) is 2. The van der Waals surface area contributed by atoms with Gasteiger partial charge in [0.05, 0.1) is 11.7 Å². The van der Waals surface area contributed by atoms with E-state index < -0.39 is 11.2 Å². The van der Waals surface area contributed by atoms with Crippen molar-refractivity contribution in [3.05, 3.63) is 98.9 Å². The zero-order chi connectivity index (χ0) is 41.1. The van der Waals surface area contributed by atoms with Crippen LogP contribution in [-0.4, -0.2) is 28.9 Å². The van der Waals surface area contributed by atoms with Crippen LogP contribution in [0.5, 0.6) is 5.75 Å². The molecule has 0 spiro atoms. The van der Waals surface area contributed by atoms with Crippen LogP contribution in [0.25, 0.3) is 11.0 Å². The van der Waals surface area contributed by atoms with E-state index in [2.05, 4.69) is 61.5 Å². The number of benzene rings is 2. The van der Waals surface area contributed by atoms with Gasteiger partial charge in [-0.1, -0.05) is 82.5 Å². The summed E-state index contributed by atoms with van der Waals surface area (Å²) in [5.41, 5.74) is 7.18. The van der Waals surface area contributed by atoms with Gasteiger partial charge in [0.25, 0.3) is 0 Å². The third kappa shape index (κ3) is 7.36. The first-order chi connectivity index (χ1) is 26.8. The summed E-state index contributed by atoms with van der Waals surface area (Å²) in [4.78, 5) is 23.8. The predicted molar refractivity (Wildman–Crippen MR) is 229 cm³/mol. The first-order valence-corrected chi connectivity index (χ1v) is 21.9. The Balaban J connectivity index is 0.000000177. The summed E-state index contributed by atoms with van der Waals surface area (Å²) in [6, 6.07) is 15.7. The van der Waals surface area contributed by atoms with E-state index in [1.54, 1.807) is 36.4 Å². The van der Waals surface area contributed by atoms with Gasteiger partial charge in [-0.3, -0.25) is 0 Å². The maximum absolute atomic E-state index is 12.4. The number of aliphatic hydroxyl groups is 1. The molecule has 8 unspecified atom stereocenters. The van der Waals surface area contributed by atoms with Crippen LogP contribution in [0.3, 0.4) is 0 Å². The first-order valence-electron chi connectivity index (χ1n) is 21.9. The molecule has 4 aliphatic carbocycles. The molecule has 1 aromatic heterocycles. The van der Waals surface area contributed by atoms with Crippen molar-refractivity contribution in [2.75, 3.05) is 0 Å². The van der Waals surface area contributed by atoms with Crippen molar-refractivity contribution in [2.45, 2.75) is 158 Å². The zero-order valence-corrected chi connectivity index (χ0v) is 36.4. The summed E-state index contributed by atoms with van der Waals surface area (Å²) < 4.78 is 16.9. The smallest absolute Gasteiger partial charge is 0.338 e. The number of rotatable bonds is 7. The van der Waals surface area contributed by atoms with Crippen molar-refractivity contribution < 1.29 is 23.8 Å². The number of aliphatic hydroxyl groups excluding tert-OH is 1. The molecule has 1 aliphatic heterocycles. The SMILES string of the molecule is CC(C)(OC(=O)c1ccccc1)C1Cc2cc3ccc(=O)oc3cc2O1.CC(C)=CCCC(C)C1CCC2(C)C3=C(CCC12C)C1(C)CCC(O)C(C)(C)C1CC3. The Morgan fingerprint density at radius 3 is 2.40 bits per heavy atom. The Kier molecular flexibility index (Phi) is 11.1. The third-order valence-electron chi connectivity index (χ3n) is 16.3. The van der Waals surface area contributed by atoms with E-state index in [4.69, 9.17) is 13.9 Å². The molecule has 2 fully saturated rings. The highest BCUT2D eigenvalue weighted by Crippen LogP contribution is 2.72. The molecule has 3 aromatic rings. The molecule has 2 aromatic carbocycles. The normalized spacial score (nSPS) is 31.8. The Hall–Kier alpha value is -3.64. The molecule has 0 radical (unpaired) electrons. The van der Waals surface area contributed by atoms with Crippen molar-refractivity contribution in [2.24, 2.45) is 39.4 Å². The van der Waals surface area contributed by atoms with Crippen molar-refractivity contribution in [3.63, 3.8) is 0 Å². The van der Waals surface area contributed by atoms with Crippen LogP contribution in [0.1, 0.15) is 149 Å². The number of esters is 1. The summed E-state index contributed by atoms with van der Waals surface area (Å²) in [6.07, 6.45) is 15.4. The molecule has 6 heteroatoms. The van der Waals surface area contributed by atoms with Gasteiger partial charge in [-0.05, 0) is 161 Å². The van der Waals surface area contributed by atoms with Gasteiger partial charge in [0.15, 0.2) is 0 Å². The summed E-state index contributed by atoms with van der Waals surface area (Å²) in [7, 11) is 0. The maximum atomic E-state index is 12.4. The van der Waals surface area contributed by atoms with Gasteiger partial charge in [0.1, 0.15) is 23.0 Å². The topological polar surface area (TPSA) is 86.0 Å². The fourth-order valence-corrected chi connectivity index (χ4v) is 12.6. The number of hydrogen-bond donors (Lipinski definition) is 1. The van der Waals surface area contributed by atoms with E-state index in [0.29, 0.717) is 45.5 Å². The molecular weight excluding hydrogens is 709 g/mol. The molecule has 308 valence electrons. The van der Waals surface area contributed by atoms with Crippen LogP contribution < -0.4 is 10.4 Å². The second-order valence-corrected chi connectivity index (χ2v) is 20.5. The Morgan fingerprint density at radius 1 is 0.947 bits per heavy atom. The summed E-state index contributed by atoms with van der Waals surface area (Å²) >= 11 is 0. The van der Waals surface area contributed by atoms with Crippen molar-refractivity contribution in [1.82, 2.24) is 0 Å². The van der Waals surface area contributed by atoms with Crippen molar-refractivity contribution >= 4 is 16.9 Å². The van der Waals surface area contributed by atoms with E-state index in [-0.39, 0.29) is 23.6 Å².